The summed E-state index contributed by atoms with van der Waals surface area (Å²) in [6.45, 7) is 2.16. The third-order valence-electron chi connectivity index (χ3n) is 3.57. The molecule has 1 saturated heterocycles. The average Bonchev–Trinajstić information content (AvgIpc) is 2.92. The molecule has 1 aromatic carbocycles. The summed E-state index contributed by atoms with van der Waals surface area (Å²) in [7, 11) is 2.02. The number of benzene rings is 1. The fraction of sp³-hybridized carbons (Fsp3) is 0.500. The molecule has 0 radical (unpaired) electrons. The molecule has 5 heteroatoms. The highest BCUT2D eigenvalue weighted by atomic mass is 32.1. The molecule has 0 aromatic heterocycles. The van der Waals surface area contributed by atoms with E-state index in [0.717, 1.165) is 30.8 Å². The van der Waals surface area contributed by atoms with Gasteiger partial charge in [0.25, 0.3) is 0 Å². The van der Waals surface area contributed by atoms with Crippen LogP contribution in [0.25, 0.3) is 0 Å². The van der Waals surface area contributed by atoms with Crippen molar-refractivity contribution >= 4 is 17.2 Å². The van der Waals surface area contributed by atoms with Gasteiger partial charge in [-0.15, -0.1) is 0 Å². The van der Waals surface area contributed by atoms with E-state index < -0.39 is 6.10 Å². The normalized spacial score (nSPS) is 20.7. The summed E-state index contributed by atoms with van der Waals surface area (Å²) < 4.78 is 5.36. The molecule has 0 bridgehead atoms. The first-order valence-corrected chi connectivity index (χ1v) is 6.84. The second-order valence-corrected chi connectivity index (χ2v) is 5.40. The van der Waals surface area contributed by atoms with Crippen molar-refractivity contribution in [2.75, 3.05) is 26.8 Å². The third kappa shape index (κ3) is 3.73. The summed E-state index contributed by atoms with van der Waals surface area (Å²) in [6.07, 6.45) is 0.523. The Bertz CT molecular complexity index is 430. The summed E-state index contributed by atoms with van der Waals surface area (Å²) in [5.41, 5.74) is 7.25. The molecule has 2 rings (SSSR count). The Morgan fingerprint density at radius 1 is 1.53 bits per heavy atom. The molecule has 2 unspecified atom stereocenters. The van der Waals surface area contributed by atoms with E-state index >= 15 is 0 Å². The van der Waals surface area contributed by atoms with Crippen molar-refractivity contribution in [3.05, 3.63) is 35.4 Å². The van der Waals surface area contributed by atoms with Gasteiger partial charge >= 0.3 is 0 Å². The van der Waals surface area contributed by atoms with Crippen LogP contribution in [0.15, 0.2) is 24.3 Å². The Morgan fingerprint density at radius 2 is 2.21 bits per heavy atom. The third-order valence-corrected chi connectivity index (χ3v) is 3.81. The minimum atomic E-state index is -0.508. The summed E-state index contributed by atoms with van der Waals surface area (Å²) in [4.78, 5) is 2.53. The Morgan fingerprint density at radius 3 is 2.74 bits per heavy atom. The highest BCUT2D eigenvalue weighted by molar-refractivity contribution is 7.80. The lowest BCUT2D eigenvalue weighted by Crippen LogP contribution is -2.35. The van der Waals surface area contributed by atoms with Crippen LogP contribution in [0.4, 0.5) is 0 Å². The van der Waals surface area contributed by atoms with E-state index in [2.05, 4.69) is 4.90 Å². The maximum Gasteiger partial charge on any atom is 0.103 e. The van der Waals surface area contributed by atoms with Crippen molar-refractivity contribution in [2.45, 2.75) is 18.6 Å². The minimum Gasteiger partial charge on any atom is -0.389 e. The van der Waals surface area contributed by atoms with Crippen LogP contribution >= 0.6 is 12.2 Å². The van der Waals surface area contributed by atoms with Gasteiger partial charge in [0.05, 0.1) is 12.7 Å². The van der Waals surface area contributed by atoms with Crippen molar-refractivity contribution in [3.63, 3.8) is 0 Å². The predicted octanol–water partition coefficient (Wildman–Crippen LogP) is 1.07. The van der Waals surface area contributed by atoms with Gasteiger partial charge in [-0.1, -0.05) is 36.5 Å². The smallest absolute Gasteiger partial charge is 0.103 e. The van der Waals surface area contributed by atoms with Gasteiger partial charge < -0.3 is 15.6 Å². The number of thiocarbonyl (C=S) groups is 1. The molecule has 2 atom stereocenters. The van der Waals surface area contributed by atoms with Gasteiger partial charge in [0.2, 0.25) is 0 Å². The molecule has 0 aliphatic carbocycles. The van der Waals surface area contributed by atoms with E-state index in [9.17, 15) is 5.11 Å². The molecule has 3 N–H and O–H groups in total. The van der Waals surface area contributed by atoms with Crippen LogP contribution in [0.1, 0.15) is 23.7 Å². The molecule has 1 fully saturated rings. The first-order valence-electron chi connectivity index (χ1n) is 6.43. The van der Waals surface area contributed by atoms with Crippen molar-refractivity contribution in [1.29, 1.82) is 0 Å². The number of ether oxygens (including phenoxy) is 1. The maximum atomic E-state index is 10.2. The van der Waals surface area contributed by atoms with Gasteiger partial charge in [-0.3, -0.25) is 4.90 Å². The lowest BCUT2D eigenvalue weighted by molar-refractivity contribution is 0.0950. The zero-order valence-electron chi connectivity index (χ0n) is 11.1. The van der Waals surface area contributed by atoms with Crippen molar-refractivity contribution in [2.24, 2.45) is 5.73 Å². The number of likely N-dealkylation sites (N-methyl/N-ethyl adjacent to an activating group) is 1. The van der Waals surface area contributed by atoms with Gasteiger partial charge in [0.15, 0.2) is 0 Å². The number of hydrogen-bond donors (Lipinski definition) is 2. The van der Waals surface area contributed by atoms with Gasteiger partial charge in [-0.05, 0) is 19.0 Å². The number of aliphatic hydroxyl groups is 1. The van der Waals surface area contributed by atoms with E-state index in [1.807, 2.05) is 31.3 Å². The van der Waals surface area contributed by atoms with E-state index in [0.29, 0.717) is 17.6 Å². The van der Waals surface area contributed by atoms with Crippen LogP contribution in [0.2, 0.25) is 0 Å². The molecular formula is C14H20N2O2S. The molecule has 104 valence electrons. The number of aliphatic hydroxyl groups excluding tert-OH is 1. The van der Waals surface area contributed by atoms with Crippen molar-refractivity contribution in [3.8, 4) is 0 Å². The Balaban J connectivity index is 1.95. The Hall–Kier alpha value is -1.01. The zero-order valence-corrected chi connectivity index (χ0v) is 11.9. The molecule has 1 aliphatic rings. The quantitative estimate of drug-likeness (QED) is 0.790. The molecular weight excluding hydrogens is 260 g/mol. The molecule has 0 saturated carbocycles. The van der Waals surface area contributed by atoms with E-state index in [4.69, 9.17) is 22.7 Å². The highest BCUT2D eigenvalue weighted by Crippen LogP contribution is 2.18. The van der Waals surface area contributed by atoms with Gasteiger partial charge in [-0.2, -0.15) is 0 Å². The Labute approximate surface area is 119 Å². The molecule has 1 aromatic rings. The fourth-order valence-electron chi connectivity index (χ4n) is 2.27. The monoisotopic (exact) mass is 280 g/mol. The van der Waals surface area contributed by atoms with Gasteiger partial charge in [0.1, 0.15) is 4.99 Å². The zero-order chi connectivity index (χ0) is 13.8. The summed E-state index contributed by atoms with van der Waals surface area (Å²) in [6, 6.07) is 7.85. The van der Waals surface area contributed by atoms with Crippen LogP contribution < -0.4 is 5.73 Å². The topological polar surface area (TPSA) is 58.7 Å². The van der Waals surface area contributed by atoms with Crippen LogP contribution in [-0.4, -0.2) is 47.8 Å². The molecule has 1 aliphatic heterocycles. The van der Waals surface area contributed by atoms with Crippen molar-refractivity contribution in [1.82, 2.24) is 4.90 Å². The number of nitrogens with two attached hydrogens (primary N) is 1. The van der Waals surface area contributed by atoms with Gasteiger partial charge in [0, 0.05) is 24.8 Å². The van der Waals surface area contributed by atoms with Crippen LogP contribution in [0, 0.1) is 0 Å². The second kappa shape index (κ2) is 6.43. The second-order valence-electron chi connectivity index (χ2n) is 4.96. The lowest BCUT2D eigenvalue weighted by Gasteiger charge is -2.25. The summed E-state index contributed by atoms with van der Waals surface area (Å²) >= 11 is 4.91. The van der Waals surface area contributed by atoms with E-state index in [-0.39, 0.29) is 0 Å². The molecule has 4 nitrogen and oxygen atoms in total. The largest absolute Gasteiger partial charge is 0.389 e. The Kier molecular flexibility index (Phi) is 4.87. The van der Waals surface area contributed by atoms with Crippen LogP contribution in [0.3, 0.4) is 0 Å². The van der Waals surface area contributed by atoms with E-state index in [1.165, 1.54) is 0 Å². The summed E-state index contributed by atoms with van der Waals surface area (Å²) in [5, 5.41) is 10.2. The van der Waals surface area contributed by atoms with E-state index in [1.54, 1.807) is 0 Å². The first kappa shape index (κ1) is 14.4. The van der Waals surface area contributed by atoms with Crippen molar-refractivity contribution < 1.29 is 9.84 Å². The highest BCUT2D eigenvalue weighted by Gasteiger charge is 2.22. The average molecular weight is 280 g/mol. The lowest BCUT2D eigenvalue weighted by atomic mass is 10.1. The SMILES string of the molecule is CN(CC(O)c1ccc(C(N)=S)cc1)C1CCOC1. The standard InChI is InChI=1S/C14H20N2O2S/c1-16(12-6-7-18-9-12)8-13(17)10-2-4-11(5-3-10)14(15)19/h2-5,12-13,17H,6-9H2,1H3,(H2,15,19). The molecule has 0 amide bonds. The maximum absolute atomic E-state index is 10.2. The van der Waals surface area contributed by atoms with Crippen LogP contribution in [0.5, 0.6) is 0 Å². The fourth-order valence-corrected chi connectivity index (χ4v) is 2.40. The van der Waals surface area contributed by atoms with Crippen LogP contribution in [-0.2, 0) is 4.74 Å². The number of nitrogens with zero attached hydrogens (tertiary/aromatic N) is 1. The molecule has 1 heterocycles. The van der Waals surface area contributed by atoms with Gasteiger partial charge in [-0.25, -0.2) is 0 Å². The predicted molar refractivity (Wildman–Crippen MR) is 79.1 cm³/mol. The minimum absolute atomic E-state index is 0.376. The molecule has 19 heavy (non-hydrogen) atoms. The molecule has 0 spiro atoms. The number of rotatable bonds is 5. The first-order chi connectivity index (χ1) is 9.08. The summed E-state index contributed by atoms with van der Waals surface area (Å²) in [5.74, 6) is 0. The number of hydrogen-bond acceptors (Lipinski definition) is 4.